The minimum atomic E-state index is -0.361. The van der Waals surface area contributed by atoms with Gasteiger partial charge in [-0.1, -0.05) is 6.08 Å². The van der Waals surface area contributed by atoms with Gasteiger partial charge in [-0.05, 0) is 18.1 Å². The number of ether oxygens (including phenoxy) is 2. The van der Waals surface area contributed by atoms with Gasteiger partial charge in [-0.25, -0.2) is 0 Å². The molecule has 17 heavy (non-hydrogen) atoms. The second-order valence-electron chi connectivity index (χ2n) is 4.50. The first-order valence-corrected chi connectivity index (χ1v) is 5.96. The Bertz CT molecular complexity index is 450. The van der Waals surface area contributed by atoms with E-state index in [4.69, 9.17) is 15.2 Å². The fraction of sp³-hybridized carbons (Fsp3) is 0.462. The van der Waals surface area contributed by atoms with Crippen molar-refractivity contribution in [1.29, 1.82) is 0 Å². The summed E-state index contributed by atoms with van der Waals surface area (Å²) in [5.41, 5.74) is 9.03. The number of nitrogen functional groups attached to an aromatic ring is 1. The van der Waals surface area contributed by atoms with Gasteiger partial charge in [0.15, 0.2) is 5.79 Å². The maximum absolute atomic E-state index is 5.95. The zero-order valence-electron chi connectivity index (χ0n) is 9.69. The molecule has 1 aromatic heterocycles. The molecule has 2 heterocycles. The number of rotatable bonds is 1. The molecule has 1 aliphatic carbocycles. The van der Waals surface area contributed by atoms with Crippen LogP contribution < -0.4 is 5.73 Å². The SMILES string of the molecule is Nc1ccncc1C1=CCC2(CC1)OCCO2. The Morgan fingerprint density at radius 2 is 2.12 bits per heavy atom. The van der Waals surface area contributed by atoms with Crippen molar-refractivity contribution in [2.45, 2.75) is 25.0 Å². The van der Waals surface area contributed by atoms with E-state index in [-0.39, 0.29) is 5.79 Å². The smallest absolute Gasteiger partial charge is 0.172 e. The van der Waals surface area contributed by atoms with E-state index >= 15 is 0 Å². The fourth-order valence-corrected chi connectivity index (χ4v) is 2.49. The van der Waals surface area contributed by atoms with E-state index < -0.39 is 0 Å². The third-order valence-electron chi connectivity index (χ3n) is 3.45. The van der Waals surface area contributed by atoms with Gasteiger partial charge in [0, 0.05) is 36.5 Å². The number of anilines is 1. The topological polar surface area (TPSA) is 57.4 Å². The van der Waals surface area contributed by atoms with Crippen molar-refractivity contribution in [3.8, 4) is 0 Å². The van der Waals surface area contributed by atoms with Crippen LogP contribution in [0.3, 0.4) is 0 Å². The lowest BCUT2D eigenvalue weighted by Crippen LogP contribution is -2.31. The molecule has 0 atom stereocenters. The predicted octanol–water partition coefficient (Wildman–Crippen LogP) is 1.97. The molecule has 4 nitrogen and oxygen atoms in total. The Labute approximate surface area is 100 Å². The van der Waals surface area contributed by atoms with Crippen molar-refractivity contribution in [3.05, 3.63) is 30.1 Å². The van der Waals surface area contributed by atoms with E-state index in [0.29, 0.717) is 13.2 Å². The van der Waals surface area contributed by atoms with Gasteiger partial charge in [0.2, 0.25) is 0 Å². The maximum Gasteiger partial charge on any atom is 0.172 e. The van der Waals surface area contributed by atoms with Crippen LogP contribution in [0.15, 0.2) is 24.5 Å². The first kappa shape index (κ1) is 10.7. The highest BCUT2D eigenvalue weighted by atomic mass is 16.7. The number of nitrogens with zero attached hydrogens (tertiary/aromatic N) is 1. The molecule has 1 saturated heterocycles. The zero-order valence-corrected chi connectivity index (χ0v) is 9.69. The molecule has 0 saturated carbocycles. The molecule has 0 unspecified atom stereocenters. The van der Waals surface area contributed by atoms with Crippen molar-refractivity contribution in [1.82, 2.24) is 4.98 Å². The van der Waals surface area contributed by atoms with E-state index in [1.165, 1.54) is 5.57 Å². The Morgan fingerprint density at radius 3 is 2.76 bits per heavy atom. The molecule has 0 amide bonds. The summed E-state index contributed by atoms with van der Waals surface area (Å²) in [5, 5.41) is 0. The first-order chi connectivity index (χ1) is 8.29. The fourth-order valence-electron chi connectivity index (χ4n) is 2.49. The summed E-state index contributed by atoms with van der Waals surface area (Å²) < 4.78 is 11.4. The largest absolute Gasteiger partial charge is 0.398 e. The summed E-state index contributed by atoms with van der Waals surface area (Å²) in [6.45, 7) is 1.41. The molecule has 2 aliphatic rings. The van der Waals surface area contributed by atoms with Gasteiger partial charge in [-0.3, -0.25) is 4.98 Å². The summed E-state index contributed by atoms with van der Waals surface area (Å²) in [7, 11) is 0. The maximum atomic E-state index is 5.95. The van der Waals surface area contributed by atoms with Crippen LogP contribution in [0, 0.1) is 0 Å². The number of hydrogen-bond donors (Lipinski definition) is 1. The second-order valence-corrected chi connectivity index (χ2v) is 4.50. The van der Waals surface area contributed by atoms with Gasteiger partial charge in [0.1, 0.15) is 0 Å². The number of allylic oxidation sites excluding steroid dienone is 1. The van der Waals surface area contributed by atoms with Gasteiger partial charge >= 0.3 is 0 Å². The monoisotopic (exact) mass is 232 g/mol. The summed E-state index contributed by atoms with van der Waals surface area (Å²) in [6, 6.07) is 1.84. The molecule has 0 bridgehead atoms. The quantitative estimate of drug-likeness (QED) is 0.804. The highest BCUT2D eigenvalue weighted by molar-refractivity contribution is 5.74. The van der Waals surface area contributed by atoms with Crippen LogP contribution in [0.4, 0.5) is 5.69 Å². The minimum Gasteiger partial charge on any atom is -0.398 e. The average molecular weight is 232 g/mol. The Kier molecular flexibility index (Phi) is 2.61. The molecule has 1 aliphatic heterocycles. The minimum absolute atomic E-state index is 0.361. The molecular formula is C13H16N2O2. The molecule has 1 spiro atoms. The van der Waals surface area contributed by atoms with E-state index in [0.717, 1.165) is 30.5 Å². The van der Waals surface area contributed by atoms with Crippen molar-refractivity contribution in [2.75, 3.05) is 18.9 Å². The van der Waals surface area contributed by atoms with Gasteiger partial charge in [-0.15, -0.1) is 0 Å². The second kappa shape index (κ2) is 4.13. The van der Waals surface area contributed by atoms with Crippen LogP contribution in [0.2, 0.25) is 0 Å². The molecule has 1 fully saturated rings. The van der Waals surface area contributed by atoms with Crippen LogP contribution in [0.1, 0.15) is 24.8 Å². The van der Waals surface area contributed by atoms with Crippen LogP contribution in [-0.4, -0.2) is 24.0 Å². The van der Waals surface area contributed by atoms with Crippen LogP contribution in [-0.2, 0) is 9.47 Å². The van der Waals surface area contributed by atoms with Gasteiger partial charge in [0.05, 0.1) is 13.2 Å². The van der Waals surface area contributed by atoms with Crippen LogP contribution in [0.25, 0.3) is 5.57 Å². The van der Waals surface area contributed by atoms with Crippen LogP contribution in [0.5, 0.6) is 0 Å². The Hall–Kier alpha value is -1.39. The molecule has 1 aromatic rings. The molecule has 3 rings (SSSR count). The van der Waals surface area contributed by atoms with Gasteiger partial charge in [-0.2, -0.15) is 0 Å². The number of nitrogens with two attached hydrogens (primary N) is 1. The summed E-state index contributed by atoms with van der Waals surface area (Å²) in [5.74, 6) is -0.361. The highest BCUT2D eigenvalue weighted by Crippen LogP contribution is 2.39. The number of hydrogen-bond acceptors (Lipinski definition) is 4. The lowest BCUT2D eigenvalue weighted by molar-refractivity contribution is -0.159. The van der Waals surface area contributed by atoms with Crippen molar-refractivity contribution >= 4 is 11.3 Å². The molecule has 90 valence electrons. The third-order valence-corrected chi connectivity index (χ3v) is 3.45. The molecular weight excluding hydrogens is 216 g/mol. The predicted molar refractivity (Wildman–Crippen MR) is 65.1 cm³/mol. The standard InChI is InChI=1S/C13H16N2O2/c14-12-3-6-15-9-11(12)10-1-4-13(5-2-10)16-7-8-17-13/h1,3,6,9H,2,4-5,7-8H2,(H2,14,15). The summed E-state index contributed by atoms with van der Waals surface area (Å²) >= 11 is 0. The zero-order chi connectivity index (χ0) is 11.7. The number of pyridine rings is 1. The average Bonchev–Trinajstić information content (AvgIpc) is 2.80. The lowest BCUT2D eigenvalue weighted by Gasteiger charge is -2.30. The van der Waals surface area contributed by atoms with E-state index in [9.17, 15) is 0 Å². The third kappa shape index (κ3) is 1.94. The first-order valence-electron chi connectivity index (χ1n) is 5.96. The molecule has 0 radical (unpaired) electrons. The van der Waals surface area contributed by atoms with Crippen molar-refractivity contribution in [2.24, 2.45) is 0 Å². The molecule has 4 heteroatoms. The van der Waals surface area contributed by atoms with Crippen molar-refractivity contribution < 1.29 is 9.47 Å². The normalized spacial score (nSPS) is 22.7. The van der Waals surface area contributed by atoms with Crippen molar-refractivity contribution in [3.63, 3.8) is 0 Å². The Balaban J connectivity index is 1.83. The summed E-state index contributed by atoms with van der Waals surface area (Å²) in [6.07, 6.45) is 8.34. The molecule has 0 aromatic carbocycles. The highest BCUT2D eigenvalue weighted by Gasteiger charge is 2.37. The van der Waals surface area contributed by atoms with Crippen LogP contribution >= 0.6 is 0 Å². The summed E-state index contributed by atoms with van der Waals surface area (Å²) in [4.78, 5) is 4.13. The van der Waals surface area contributed by atoms with Gasteiger partial charge in [0.25, 0.3) is 0 Å². The molecule has 2 N–H and O–H groups in total. The van der Waals surface area contributed by atoms with E-state index in [2.05, 4.69) is 11.1 Å². The van der Waals surface area contributed by atoms with E-state index in [1.807, 2.05) is 12.3 Å². The van der Waals surface area contributed by atoms with Gasteiger partial charge < -0.3 is 15.2 Å². The Morgan fingerprint density at radius 1 is 1.29 bits per heavy atom. The lowest BCUT2D eigenvalue weighted by atomic mass is 9.90. The van der Waals surface area contributed by atoms with E-state index in [1.54, 1.807) is 6.20 Å². The number of aromatic nitrogens is 1.